The molecule has 1 aliphatic carbocycles. The first-order valence-electron chi connectivity index (χ1n) is 6.62. The van der Waals surface area contributed by atoms with Gasteiger partial charge in [-0.1, -0.05) is 0 Å². The highest BCUT2D eigenvalue weighted by atomic mass is 79.9. The number of carbonyl (C=O) groups is 1. The number of hydrogen-bond acceptors (Lipinski definition) is 5. The fourth-order valence-electron chi connectivity index (χ4n) is 2.20. The van der Waals surface area contributed by atoms with Gasteiger partial charge in [-0.2, -0.15) is 0 Å². The van der Waals surface area contributed by atoms with Crippen LogP contribution in [0.3, 0.4) is 0 Å². The Hall–Kier alpha value is -1.27. The largest absolute Gasteiger partial charge is 0.486 e. The van der Waals surface area contributed by atoms with E-state index >= 15 is 0 Å². The quantitative estimate of drug-likeness (QED) is 0.850. The Kier molecular flexibility index (Phi) is 3.85. The van der Waals surface area contributed by atoms with Crippen LogP contribution < -0.4 is 14.8 Å². The minimum Gasteiger partial charge on any atom is -0.486 e. The van der Waals surface area contributed by atoms with Crippen molar-refractivity contribution in [2.75, 3.05) is 20.3 Å². The molecule has 1 saturated carbocycles. The molecule has 20 heavy (non-hydrogen) atoms. The molecule has 6 heteroatoms. The number of nitrogens with one attached hydrogen (secondary N) is 1. The van der Waals surface area contributed by atoms with Crippen molar-refractivity contribution in [1.82, 2.24) is 5.32 Å². The van der Waals surface area contributed by atoms with Crippen molar-refractivity contribution >= 4 is 21.9 Å². The van der Waals surface area contributed by atoms with Gasteiger partial charge in [0.1, 0.15) is 19.3 Å². The van der Waals surface area contributed by atoms with E-state index in [0.29, 0.717) is 30.8 Å². The Morgan fingerprint density at radius 3 is 2.85 bits per heavy atom. The zero-order valence-electron chi connectivity index (χ0n) is 11.1. The molecule has 1 unspecified atom stereocenters. The fraction of sp³-hybridized carbons (Fsp3) is 0.500. The number of esters is 1. The van der Waals surface area contributed by atoms with Crippen molar-refractivity contribution < 1.29 is 19.0 Å². The monoisotopic (exact) mass is 341 g/mol. The Bertz CT molecular complexity index is 530. The molecule has 0 bridgehead atoms. The molecular weight excluding hydrogens is 326 g/mol. The van der Waals surface area contributed by atoms with Gasteiger partial charge in [-0.25, -0.2) is 4.79 Å². The molecule has 0 spiro atoms. The van der Waals surface area contributed by atoms with Crippen molar-refractivity contribution in [3.05, 3.63) is 22.2 Å². The Balaban J connectivity index is 1.93. The van der Waals surface area contributed by atoms with Gasteiger partial charge in [0, 0.05) is 6.04 Å². The molecule has 108 valence electrons. The molecule has 0 aromatic heterocycles. The van der Waals surface area contributed by atoms with Crippen LogP contribution in [0.5, 0.6) is 11.5 Å². The van der Waals surface area contributed by atoms with Crippen LogP contribution in [0.2, 0.25) is 0 Å². The van der Waals surface area contributed by atoms with Crippen LogP contribution in [0.25, 0.3) is 0 Å². The Morgan fingerprint density at radius 2 is 2.15 bits per heavy atom. The van der Waals surface area contributed by atoms with Gasteiger partial charge >= 0.3 is 5.97 Å². The molecule has 1 N–H and O–H groups in total. The molecule has 1 fully saturated rings. The van der Waals surface area contributed by atoms with E-state index in [2.05, 4.69) is 21.2 Å². The lowest BCUT2D eigenvalue weighted by atomic mass is 10.1. The third-order valence-corrected chi connectivity index (χ3v) is 3.96. The topological polar surface area (TPSA) is 56.8 Å². The third kappa shape index (κ3) is 2.76. The van der Waals surface area contributed by atoms with E-state index in [1.807, 2.05) is 12.1 Å². The van der Waals surface area contributed by atoms with Gasteiger partial charge in [-0.3, -0.25) is 5.32 Å². The van der Waals surface area contributed by atoms with E-state index in [0.717, 1.165) is 22.9 Å². The molecule has 1 aliphatic heterocycles. The lowest BCUT2D eigenvalue weighted by molar-refractivity contribution is -0.143. The molecule has 1 aromatic carbocycles. The summed E-state index contributed by atoms with van der Waals surface area (Å²) < 4.78 is 16.8. The summed E-state index contributed by atoms with van der Waals surface area (Å²) in [4.78, 5) is 12.0. The molecule has 1 atom stereocenters. The highest BCUT2D eigenvalue weighted by Gasteiger charge is 2.31. The number of rotatable bonds is 4. The maximum atomic E-state index is 12.0. The predicted molar refractivity (Wildman–Crippen MR) is 76.0 cm³/mol. The van der Waals surface area contributed by atoms with Gasteiger partial charge in [0.15, 0.2) is 11.5 Å². The Labute approximate surface area is 125 Å². The smallest absolute Gasteiger partial charge is 0.327 e. The van der Waals surface area contributed by atoms with Gasteiger partial charge in [-0.15, -0.1) is 0 Å². The second-order valence-electron chi connectivity index (χ2n) is 4.92. The second-order valence-corrected chi connectivity index (χ2v) is 5.78. The van der Waals surface area contributed by atoms with E-state index in [1.165, 1.54) is 7.11 Å². The van der Waals surface area contributed by atoms with Crippen LogP contribution in [0.4, 0.5) is 0 Å². The SMILES string of the molecule is COC(=O)C(NC1CC1)c1cc(Br)c2c(c1)OCCO2. The van der Waals surface area contributed by atoms with E-state index in [9.17, 15) is 4.79 Å². The maximum Gasteiger partial charge on any atom is 0.327 e. The molecular formula is C14H16BrNO4. The van der Waals surface area contributed by atoms with Crippen LogP contribution in [-0.2, 0) is 9.53 Å². The number of ether oxygens (including phenoxy) is 3. The summed E-state index contributed by atoms with van der Waals surface area (Å²) in [7, 11) is 1.40. The number of halogens is 1. The zero-order chi connectivity index (χ0) is 14.1. The van der Waals surface area contributed by atoms with E-state index < -0.39 is 6.04 Å². The predicted octanol–water partition coefficient (Wildman–Crippen LogP) is 2.19. The summed E-state index contributed by atoms with van der Waals surface area (Å²) in [6, 6.07) is 3.64. The first kappa shape index (κ1) is 13.7. The summed E-state index contributed by atoms with van der Waals surface area (Å²) in [6.45, 7) is 1.05. The third-order valence-electron chi connectivity index (χ3n) is 3.37. The summed E-state index contributed by atoms with van der Waals surface area (Å²) in [5.74, 6) is 1.06. The molecule has 0 radical (unpaired) electrons. The first-order chi connectivity index (χ1) is 9.69. The molecule has 1 heterocycles. The summed E-state index contributed by atoms with van der Waals surface area (Å²) in [5, 5.41) is 3.30. The van der Waals surface area contributed by atoms with Crippen LogP contribution in [0, 0.1) is 0 Å². The average Bonchev–Trinajstić information content (AvgIpc) is 3.28. The van der Waals surface area contributed by atoms with Gasteiger partial charge in [-0.05, 0) is 46.5 Å². The highest BCUT2D eigenvalue weighted by molar-refractivity contribution is 9.10. The standard InChI is InChI=1S/C14H16BrNO4/c1-18-14(17)12(16-9-2-3-9)8-6-10(15)13-11(7-8)19-4-5-20-13/h6-7,9,12,16H,2-5H2,1H3. The number of benzene rings is 1. The summed E-state index contributed by atoms with van der Waals surface area (Å²) in [5.41, 5.74) is 0.819. The van der Waals surface area contributed by atoms with Crippen LogP contribution in [0.15, 0.2) is 16.6 Å². The highest BCUT2D eigenvalue weighted by Crippen LogP contribution is 2.40. The molecule has 0 saturated heterocycles. The van der Waals surface area contributed by atoms with Crippen molar-refractivity contribution in [2.45, 2.75) is 24.9 Å². The molecule has 0 amide bonds. The van der Waals surface area contributed by atoms with Gasteiger partial charge < -0.3 is 14.2 Å². The maximum absolute atomic E-state index is 12.0. The molecule has 5 nitrogen and oxygen atoms in total. The van der Waals surface area contributed by atoms with E-state index in [4.69, 9.17) is 14.2 Å². The molecule has 1 aromatic rings. The number of fused-ring (bicyclic) bond motifs is 1. The van der Waals surface area contributed by atoms with E-state index in [1.54, 1.807) is 0 Å². The summed E-state index contributed by atoms with van der Waals surface area (Å²) in [6.07, 6.45) is 2.19. The van der Waals surface area contributed by atoms with E-state index in [-0.39, 0.29) is 5.97 Å². The van der Waals surface area contributed by atoms with Crippen molar-refractivity contribution in [2.24, 2.45) is 0 Å². The van der Waals surface area contributed by atoms with Gasteiger partial charge in [0.25, 0.3) is 0 Å². The van der Waals surface area contributed by atoms with Gasteiger partial charge in [0.2, 0.25) is 0 Å². The number of hydrogen-bond donors (Lipinski definition) is 1. The zero-order valence-corrected chi connectivity index (χ0v) is 12.7. The minimum atomic E-state index is -0.473. The second kappa shape index (κ2) is 5.61. The molecule has 2 aliphatic rings. The van der Waals surface area contributed by atoms with Crippen molar-refractivity contribution in [3.63, 3.8) is 0 Å². The first-order valence-corrected chi connectivity index (χ1v) is 7.41. The minimum absolute atomic E-state index is 0.291. The average molecular weight is 342 g/mol. The number of carbonyl (C=O) groups excluding carboxylic acids is 1. The Morgan fingerprint density at radius 1 is 1.40 bits per heavy atom. The van der Waals surface area contributed by atoms with Gasteiger partial charge in [0.05, 0.1) is 11.6 Å². The van der Waals surface area contributed by atoms with Crippen molar-refractivity contribution in [1.29, 1.82) is 0 Å². The lowest BCUT2D eigenvalue weighted by Crippen LogP contribution is -2.31. The van der Waals surface area contributed by atoms with Crippen molar-refractivity contribution in [3.8, 4) is 11.5 Å². The lowest BCUT2D eigenvalue weighted by Gasteiger charge is -2.23. The number of methoxy groups -OCH3 is 1. The van der Waals surface area contributed by atoms with Crippen LogP contribution in [-0.4, -0.2) is 32.3 Å². The molecule has 3 rings (SSSR count). The fourth-order valence-corrected chi connectivity index (χ4v) is 2.78. The normalized spacial score (nSPS) is 18.5. The summed E-state index contributed by atoms with van der Waals surface area (Å²) >= 11 is 3.47. The van der Waals surface area contributed by atoms with Crippen LogP contribution in [0.1, 0.15) is 24.4 Å². The van der Waals surface area contributed by atoms with Crippen LogP contribution >= 0.6 is 15.9 Å².